The molecule has 2 N–H and O–H groups in total. The topological polar surface area (TPSA) is 59.6 Å². The number of methoxy groups -OCH3 is 1. The normalized spacial score (nSPS) is 11.6. The lowest BCUT2D eigenvalue weighted by Gasteiger charge is -2.17. The van der Waals surface area contributed by atoms with Gasteiger partial charge in [0, 0.05) is 18.4 Å². The number of para-hydroxylation sites is 1. The minimum Gasteiger partial charge on any atom is -0.494 e. The highest BCUT2D eigenvalue weighted by molar-refractivity contribution is 5.90. The van der Waals surface area contributed by atoms with Crippen LogP contribution in [0.1, 0.15) is 31.0 Å². The van der Waals surface area contributed by atoms with Crippen molar-refractivity contribution in [2.24, 2.45) is 0 Å². The number of anilines is 1. The van der Waals surface area contributed by atoms with Gasteiger partial charge in [-0.25, -0.2) is 4.79 Å². The Balaban J connectivity index is 2.00. The molecule has 0 radical (unpaired) electrons. The molecule has 0 aliphatic carbocycles. The maximum absolute atomic E-state index is 12.3. The van der Waals surface area contributed by atoms with Crippen LogP contribution in [0.5, 0.6) is 5.75 Å². The third-order valence-corrected chi connectivity index (χ3v) is 3.58. The van der Waals surface area contributed by atoms with E-state index in [1.807, 2.05) is 62.4 Å². The molecule has 5 heteroatoms. The molecule has 5 nitrogen and oxygen atoms in total. The second-order valence-corrected chi connectivity index (χ2v) is 5.42. The summed E-state index contributed by atoms with van der Waals surface area (Å²) in [5.41, 5.74) is 2.66. The Bertz CT molecular complexity index is 673. The molecule has 0 aliphatic rings. The van der Waals surface area contributed by atoms with Crippen molar-refractivity contribution >= 4 is 11.7 Å². The highest BCUT2D eigenvalue weighted by atomic mass is 16.5. The van der Waals surface area contributed by atoms with Gasteiger partial charge in [0.2, 0.25) is 0 Å². The van der Waals surface area contributed by atoms with Crippen molar-refractivity contribution in [2.45, 2.75) is 26.5 Å². The van der Waals surface area contributed by atoms with Crippen molar-refractivity contribution in [3.05, 3.63) is 59.7 Å². The van der Waals surface area contributed by atoms with E-state index in [0.717, 1.165) is 22.6 Å². The minimum absolute atomic E-state index is 0.139. The average Bonchev–Trinajstić information content (AvgIpc) is 2.57. The van der Waals surface area contributed by atoms with Gasteiger partial charge in [-0.3, -0.25) is 0 Å². The molecule has 0 aliphatic heterocycles. The van der Waals surface area contributed by atoms with E-state index in [4.69, 9.17) is 9.47 Å². The zero-order valence-electron chi connectivity index (χ0n) is 14.3. The first-order chi connectivity index (χ1) is 11.6. The summed E-state index contributed by atoms with van der Waals surface area (Å²) >= 11 is 0. The molecule has 2 aromatic rings. The summed E-state index contributed by atoms with van der Waals surface area (Å²) in [4.78, 5) is 12.3. The number of carbonyl (C=O) groups excluding carboxylic acids is 1. The van der Waals surface area contributed by atoms with Gasteiger partial charge in [-0.2, -0.15) is 0 Å². The van der Waals surface area contributed by atoms with Crippen LogP contribution in [0.15, 0.2) is 48.5 Å². The van der Waals surface area contributed by atoms with Crippen molar-refractivity contribution in [3.8, 4) is 5.75 Å². The SMILES string of the molecule is CCOc1cccc(C(C)NC(=O)Nc2ccccc2COC)c1. The van der Waals surface area contributed by atoms with Gasteiger partial charge in [0.25, 0.3) is 0 Å². The van der Waals surface area contributed by atoms with E-state index >= 15 is 0 Å². The lowest BCUT2D eigenvalue weighted by Crippen LogP contribution is -2.31. The molecule has 0 heterocycles. The van der Waals surface area contributed by atoms with Gasteiger partial charge >= 0.3 is 6.03 Å². The molecule has 0 saturated carbocycles. The van der Waals surface area contributed by atoms with Gasteiger partial charge in [-0.05, 0) is 37.6 Å². The molecule has 2 aromatic carbocycles. The van der Waals surface area contributed by atoms with E-state index < -0.39 is 0 Å². The van der Waals surface area contributed by atoms with Gasteiger partial charge in [0.15, 0.2) is 0 Å². The predicted octanol–water partition coefficient (Wildman–Crippen LogP) is 4.11. The third-order valence-electron chi connectivity index (χ3n) is 3.58. The number of ether oxygens (including phenoxy) is 2. The summed E-state index contributed by atoms with van der Waals surface area (Å²) in [6, 6.07) is 14.9. The molecular formula is C19H24N2O3. The Morgan fingerprint density at radius 3 is 2.71 bits per heavy atom. The summed E-state index contributed by atoms with van der Waals surface area (Å²) in [5, 5.41) is 5.81. The predicted molar refractivity (Wildman–Crippen MR) is 95.3 cm³/mol. The molecule has 2 rings (SSSR count). The van der Waals surface area contributed by atoms with Crippen molar-refractivity contribution in [1.29, 1.82) is 0 Å². The first-order valence-corrected chi connectivity index (χ1v) is 8.01. The molecule has 0 bridgehead atoms. The van der Waals surface area contributed by atoms with Crippen molar-refractivity contribution in [2.75, 3.05) is 19.0 Å². The van der Waals surface area contributed by atoms with Crippen LogP contribution in [0.4, 0.5) is 10.5 Å². The first kappa shape index (κ1) is 17.8. The summed E-state index contributed by atoms with van der Waals surface area (Å²) in [7, 11) is 1.63. The lowest BCUT2D eigenvalue weighted by atomic mass is 10.1. The number of benzene rings is 2. The van der Waals surface area contributed by atoms with Crippen molar-refractivity contribution < 1.29 is 14.3 Å². The summed E-state index contributed by atoms with van der Waals surface area (Å²) in [5.74, 6) is 0.800. The Hall–Kier alpha value is -2.53. The standard InChI is InChI=1S/C19H24N2O3/c1-4-24-17-10-7-9-15(12-17)14(2)20-19(22)21-18-11-6-5-8-16(18)13-23-3/h5-12,14H,4,13H2,1-3H3,(H2,20,21,22). The third kappa shape index (κ3) is 4.99. The summed E-state index contributed by atoms with van der Waals surface area (Å²) in [6.07, 6.45) is 0. The molecule has 1 unspecified atom stereocenters. The smallest absolute Gasteiger partial charge is 0.319 e. The maximum Gasteiger partial charge on any atom is 0.319 e. The molecule has 128 valence electrons. The van der Waals surface area contributed by atoms with Gasteiger partial charge < -0.3 is 20.1 Å². The highest BCUT2D eigenvalue weighted by Crippen LogP contribution is 2.20. The fraction of sp³-hybridized carbons (Fsp3) is 0.316. The van der Waals surface area contributed by atoms with Gasteiger partial charge in [0.1, 0.15) is 5.75 Å². The number of hydrogen-bond donors (Lipinski definition) is 2. The maximum atomic E-state index is 12.3. The van der Waals surface area contributed by atoms with Crippen LogP contribution in [0.2, 0.25) is 0 Å². The molecule has 0 saturated heterocycles. The Morgan fingerprint density at radius 1 is 1.17 bits per heavy atom. The quantitative estimate of drug-likeness (QED) is 0.804. The van der Waals surface area contributed by atoms with Gasteiger partial charge in [0.05, 0.1) is 19.3 Å². The zero-order chi connectivity index (χ0) is 17.4. The van der Waals surface area contributed by atoms with Crippen LogP contribution in [-0.4, -0.2) is 19.7 Å². The van der Waals surface area contributed by atoms with E-state index in [2.05, 4.69) is 10.6 Å². The summed E-state index contributed by atoms with van der Waals surface area (Å²) in [6.45, 7) is 4.94. The van der Waals surface area contributed by atoms with Crippen LogP contribution in [0.25, 0.3) is 0 Å². The van der Waals surface area contributed by atoms with E-state index in [1.165, 1.54) is 0 Å². The molecular weight excluding hydrogens is 304 g/mol. The van der Waals surface area contributed by atoms with Crippen LogP contribution < -0.4 is 15.4 Å². The van der Waals surface area contributed by atoms with Crippen LogP contribution >= 0.6 is 0 Å². The van der Waals surface area contributed by atoms with Crippen LogP contribution in [-0.2, 0) is 11.3 Å². The Kier molecular flexibility index (Phi) is 6.63. The van der Waals surface area contributed by atoms with Crippen LogP contribution in [0, 0.1) is 0 Å². The number of hydrogen-bond acceptors (Lipinski definition) is 3. The Labute approximate surface area is 143 Å². The van der Waals surface area contributed by atoms with E-state index in [1.54, 1.807) is 7.11 Å². The molecule has 0 spiro atoms. The molecule has 2 amide bonds. The number of nitrogens with one attached hydrogen (secondary N) is 2. The minimum atomic E-state index is -0.257. The molecule has 0 fully saturated rings. The second-order valence-electron chi connectivity index (χ2n) is 5.42. The zero-order valence-corrected chi connectivity index (χ0v) is 14.3. The monoisotopic (exact) mass is 328 g/mol. The second kappa shape index (κ2) is 8.93. The number of urea groups is 1. The van der Waals surface area contributed by atoms with Crippen molar-refractivity contribution in [3.63, 3.8) is 0 Å². The number of amides is 2. The fourth-order valence-corrected chi connectivity index (χ4v) is 2.40. The number of carbonyl (C=O) groups is 1. The molecule has 24 heavy (non-hydrogen) atoms. The van der Waals surface area contributed by atoms with Crippen molar-refractivity contribution in [1.82, 2.24) is 5.32 Å². The van der Waals surface area contributed by atoms with E-state index in [-0.39, 0.29) is 12.1 Å². The highest BCUT2D eigenvalue weighted by Gasteiger charge is 2.12. The average molecular weight is 328 g/mol. The number of rotatable bonds is 7. The summed E-state index contributed by atoms with van der Waals surface area (Å²) < 4.78 is 10.6. The Morgan fingerprint density at radius 2 is 1.96 bits per heavy atom. The lowest BCUT2D eigenvalue weighted by molar-refractivity contribution is 0.185. The first-order valence-electron chi connectivity index (χ1n) is 8.01. The van der Waals surface area contributed by atoms with Gasteiger partial charge in [-0.1, -0.05) is 30.3 Å². The molecule has 0 aromatic heterocycles. The van der Waals surface area contributed by atoms with Crippen LogP contribution in [0.3, 0.4) is 0 Å². The fourth-order valence-electron chi connectivity index (χ4n) is 2.40. The largest absolute Gasteiger partial charge is 0.494 e. The van der Waals surface area contributed by atoms with Gasteiger partial charge in [-0.15, -0.1) is 0 Å². The molecule has 1 atom stereocenters. The van der Waals surface area contributed by atoms with E-state index in [9.17, 15) is 4.79 Å². The van der Waals surface area contributed by atoms with E-state index in [0.29, 0.717) is 13.2 Å².